The van der Waals surface area contributed by atoms with Crippen molar-refractivity contribution in [3.05, 3.63) is 0 Å². The van der Waals surface area contributed by atoms with Crippen LogP contribution in [0.3, 0.4) is 0 Å². The molecule has 114 valence electrons. The van der Waals surface area contributed by atoms with Gasteiger partial charge in [0.25, 0.3) is 0 Å². The van der Waals surface area contributed by atoms with E-state index in [0.29, 0.717) is 24.8 Å². The number of carbonyl (C=O) groups excluding carboxylic acids is 2. The fourth-order valence-electron chi connectivity index (χ4n) is 2.86. The highest BCUT2D eigenvalue weighted by Crippen LogP contribution is 2.37. The van der Waals surface area contributed by atoms with Gasteiger partial charge < -0.3 is 15.0 Å². The third-order valence-electron chi connectivity index (χ3n) is 4.13. The molecule has 1 aliphatic carbocycles. The van der Waals surface area contributed by atoms with Gasteiger partial charge in [-0.3, -0.25) is 9.59 Å². The molecule has 2 aliphatic rings. The van der Waals surface area contributed by atoms with Crippen LogP contribution in [0.2, 0.25) is 0 Å². The highest BCUT2D eigenvalue weighted by Gasteiger charge is 2.48. The van der Waals surface area contributed by atoms with Crippen molar-refractivity contribution in [1.82, 2.24) is 10.2 Å². The summed E-state index contributed by atoms with van der Waals surface area (Å²) in [6.07, 6.45) is 2.72. The van der Waals surface area contributed by atoms with Crippen LogP contribution in [0.4, 0.5) is 0 Å². The van der Waals surface area contributed by atoms with Crippen LogP contribution >= 0.6 is 0 Å². The van der Waals surface area contributed by atoms with E-state index in [2.05, 4.69) is 19.2 Å². The molecule has 2 amide bonds. The van der Waals surface area contributed by atoms with Crippen LogP contribution in [-0.2, 0) is 14.3 Å². The Balaban J connectivity index is 2.14. The average molecular weight is 282 g/mol. The zero-order chi connectivity index (χ0) is 14.9. The number of ether oxygens (including phenoxy) is 1. The Morgan fingerprint density at radius 1 is 1.30 bits per heavy atom. The van der Waals surface area contributed by atoms with Crippen LogP contribution in [0.1, 0.15) is 40.0 Å². The molecule has 0 aromatic heterocycles. The highest BCUT2D eigenvalue weighted by atomic mass is 16.5. The number of rotatable bonds is 6. The topological polar surface area (TPSA) is 58.6 Å². The van der Waals surface area contributed by atoms with E-state index in [1.54, 1.807) is 12.0 Å². The minimum Gasteiger partial charge on any atom is -0.380 e. The number of piperazine rings is 1. The van der Waals surface area contributed by atoms with Gasteiger partial charge >= 0.3 is 0 Å². The lowest BCUT2D eigenvalue weighted by atomic mass is 9.96. The molecule has 3 unspecified atom stereocenters. The van der Waals surface area contributed by atoms with Gasteiger partial charge in [-0.25, -0.2) is 0 Å². The van der Waals surface area contributed by atoms with Crippen molar-refractivity contribution in [2.24, 2.45) is 11.8 Å². The van der Waals surface area contributed by atoms with Crippen LogP contribution in [0.25, 0.3) is 0 Å². The predicted octanol–water partition coefficient (Wildman–Crippen LogP) is 1.17. The van der Waals surface area contributed by atoms with E-state index in [4.69, 9.17) is 4.74 Å². The summed E-state index contributed by atoms with van der Waals surface area (Å²) < 4.78 is 5.28. The molecule has 2 fully saturated rings. The minimum absolute atomic E-state index is 0.0149. The molecule has 5 heteroatoms. The highest BCUT2D eigenvalue weighted by molar-refractivity contribution is 5.97. The number of nitrogens with one attached hydrogen (secondary N) is 1. The Morgan fingerprint density at radius 2 is 1.95 bits per heavy atom. The molecule has 0 aromatic rings. The first-order valence-electron chi connectivity index (χ1n) is 7.57. The van der Waals surface area contributed by atoms with Gasteiger partial charge in [0.15, 0.2) is 0 Å². The third kappa shape index (κ3) is 3.32. The van der Waals surface area contributed by atoms with Crippen molar-refractivity contribution in [2.45, 2.75) is 58.2 Å². The first kappa shape index (κ1) is 15.3. The second-order valence-corrected chi connectivity index (χ2v) is 6.51. The summed E-state index contributed by atoms with van der Waals surface area (Å²) in [6, 6.07) is -0.662. The summed E-state index contributed by atoms with van der Waals surface area (Å²) in [4.78, 5) is 26.8. The molecule has 1 saturated heterocycles. The maximum Gasteiger partial charge on any atom is 0.245 e. The molecule has 0 bridgehead atoms. The van der Waals surface area contributed by atoms with Gasteiger partial charge in [-0.15, -0.1) is 0 Å². The Kier molecular flexibility index (Phi) is 4.68. The number of methoxy groups -OCH3 is 1. The van der Waals surface area contributed by atoms with Gasteiger partial charge in [-0.2, -0.15) is 0 Å². The summed E-state index contributed by atoms with van der Waals surface area (Å²) in [5, 5.41) is 2.92. The van der Waals surface area contributed by atoms with Crippen molar-refractivity contribution in [3.8, 4) is 0 Å². The van der Waals surface area contributed by atoms with Crippen molar-refractivity contribution < 1.29 is 14.3 Å². The van der Waals surface area contributed by atoms with Gasteiger partial charge in [0.1, 0.15) is 12.1 Å². The summed E-state index contributed by atoms with van der Waals surface area (Å²) in [5.74, 6) is 0.784. The summed E-state index contributed by atoms with van der Waals surface area (Å²) in [7, 11) is 1.64. The third-order valence-corrected chi connectivity index (χ3v) is 4.13. The van der Waals surface area contributed by atoms with E-state index >= 15 is 0 Å². The molecule has 3 atom stereocenters. The van der Waals surface area contributed by atoms with Crippen molar-refractivity contribution in [2.75, 3.05) is 13.7 Å². The SMILES string of the molecule is COC(C)CN1C(=O)C(CC(C)C)NC(=O)C1C1CC1. The molecule has 1 heterocycles. The lowest BCUT2D eigenvalue weighted by Crippen LogP contribution is -2.65. The summed E-state index contributed by atoms with van der Waals surface area (Å²) in [5.41, 5.74) is 0. The molecule has 20 heavy (non-hydrogen) atoms. The number of nitrogens with zero attached hydrogens (tertiary/aromatic N) is 1. The van der Waals surface area contributed by atoms with Crippen molar-refractivity contribution >= 4 is 11.8 Å². The standard InChI is InChI=1S/C15H26N2O3/c1-9(2)7-12-15(19)17(8-10(3)20-4)13(11-5-6-11)14(18)16-12/h9-13H,5-8H2,1-4H3,(H,16,18). The second kappa shape index (κ2) is 6.12. The van der Waals surface area contributed by atoms with E-state index in [0.717, 1.165) is 12.8 Å². The Hall–Kier alpha value is -1.10. The fourth-order valence-corrected chi connectivity index (χ4v) is 2.86. The normalized spacial score (nSPS) is 28.8. The molecule has 1 aliphatic heterocycles. The molecule has 5 nitrogen and oxygen atoms in total. The maximum absolute atomic E-state index is 12.7. The molecule has 1 saturated carbocycles. The van der Waals surface area contributed by atoms with Crippen LogP contribution in [0.5, 0.6) is 0 Å². The van der Waals surface area contributed by atoms with E-state index < -0.39 is 0 Å². The second-order valence-electron chi connectivity index (χ2n) is 6.51. The van der Waals surface area contributed by atoms with Crippen LogP contribution in [0, 0.1) is 11.8 Å². The van der Waals surface area contributed by atoms with Gasteiger partial charge in [0.05, 0.1) is 6.10 Å². The maximum atomic E-state index is 12.7. The predicted molar refractivity (Wildman–Crippen MR) is 76.1 cm³/mol. The Morgan fingerprint density at radius 3 is 2.45 bits per heavy atom. The summed E-state index contributed by atoms with van der Waals surface area (Å²) >= 11 is 0. The van der Waals surface area contributed by atoms with Crippen molar-refractivity contribution in [1.29, 1.82) is 0 Å². The van der Waals surface area contributed by atoms with E-state index in [-0.39, 0.29) is 30.0 Å². The first-order chi connectivity index (χ1) is 9.43. The Labute approximate surface area is 121 Å². The first-order valence-corrected chi connectivity index (χ1v) is 7.57. The molecular weight excluding hydrogens is 256 g/mol. The molecule has 0 spiro atoms. The smallest absolute Gasteiger partial charge is 0.245 e. The quantitative estimate of drug-likeness (QED) is 0.795. The van der Waals surface area contributed by atoms with Gasteiger partial charge in [-0.05, 0) is 38.0 Å². The van der Waals surface area contributed by atoms with Crippen molar-refractivity contribution in [3.63, 3.8) is 0 Å². The average Bonchev–Trinajstić information content (AvgIpc) is 3.18. The lowest BCUT2D eigenvalue weighted by molar-refractivity contribution is -0.152. The van der Waals surface area contributed by atoms with Crippen LogP contribution in [-0.4, -0.2) is 48.6 Å². The minimum atomic E-state index is -0.374. The monoisotopic (exact) mass is 282 g/mol. The molecule has 0 aromatic carbocycles. The largest absolute Gasteiger partial charge is 0.380 e. The Bertz CT molecular complexity index is 379. The number of hydrogen-bond acceptors (Lipinski definition) is 3. The number of hydrogen-bond donors (Lipinski definition) is 1. The van der Waals surface area contributed by atoms with E-state index in [1.165, 1.54) is 0 Å². The number of amides is 2. The lowest BCUT2D eigenvalue weighted by Gasteiger charge is -2.40. The van der Waals surface area contributed by atoms with Gasteiger partial charge in [0.2, 0.25) is 11.8 Å². The van der Waals surface area contributed by atoms with Gasteiger partial charge in [-0.1, -0.05) is 13.8 Å². The zero-order valence-corrected chi connectivity index (χ0v) is 12.9. The van der Waals surface area contributed by atoms with Crippen LogP contribution in [0.15, 0.2) is 0 Å². The fraction of sp³-hybridized carbons (Fsp3) is 0.867. The van der Waals surface area contributed by atoms with E-state index in [9.17, 15) is 9.59 Å². The van der Waals surface area contributed by atoms with Crippen LogP contribution < -0.4 is 5.32 Å². The summed E-state index contributed by atoms with van der Waals surface area (Å²) in [6.45, 7) is 6.56. The zero-order valence-electron chi connectivity index (χ0n) is 12.9. The molecule has 1 N–H and O–H groups in total. The molecule has 2 rings (SSSR count). The number of carbonyl (C=O) groups is 2. The van der Waals surface area contributed by atoms with E-state index in [1.807, 2.05) is 6.92 Å². The molecular formula is C15H26N2O3. The molecule has 0 radical (unpaired) electrons. The van der Waals surface area contributed by atoms with Gasteiger partial charge in [0, 0.05) is 13.7 Å².